The molecular formula is C7H7N3O2. The molecule has 1 aromatic carbocycles. The minimum Gasteiger partial charge on any atom is -0.250 e. The van der Waals surface area contributed by atoms with Crippen LogP contribution in [0, 0.1) is 0 Å². The van der Waals surface area contributed by atoms with E-state index in [9.17, 15) is 0 Å². The van der Waals surface area contributed by atoms with Crippen molar-refractivity contribution in [3.05, 3.63) is 24.3 Å². The molecular weight excluding hydrogens is 158 g/mol. The second kappa shape index (κ2) is 2.88. The number of hydrogen-bond donors (Lipinski definition) is 1. The van der Waals surface area contributed by atoms with Crippen LogP contribution >= 0.6 is 0 Å². The van der Waals surface area contributed by atoms with Crippen molar-refractivity contribution < 1.29 is 10.1 Å². The average molecular weight is 165 g/mol. The number of para-hydroxylation sites is 1. The van der Waals surface area contributed by atoms with Gasteiger partial charge in [-0.15, -0.1) is 5.10 Å². The molecule has 1 heterocycles. The Bertz CT molecular complexity index is 385. The van der Waals surface area contributed by atoms with Gasteiger partial charge in [-0.2, -0.15) is 0 Å². The summed E-state index contributed by atoms with van der Waals surface area (Å²) < 4.78 is 1.47. The molecule has 62 valence electrons. The fourth-order valence-corrected chi connectivity index (χ4v) is 1.07. The molecule has 5 heteroatoms. The Morgan fingerprint density at radius 3 is 3.08 bits per heavy atom. The van der Waals surface area contributed by atoms with Crippen LogP contribution in [0.3, 0.4) is 0 Å². The van der Waals surface area contributed by atoms with Gasteiger partial charge in [0, 0.05) is 0 Å². The van der Waals surface area contributed by atoms with Gasteiger partial charge in [-0.05, 0) is 12.1 Å². The first-order chi connectivity index (χ1) is 5.92. The summed E-state index contributed by atoms with van der Waals surface area (Å²) in [4.78, 5) is 3.95. The maximum Gasteiger partial charge on any atom is 0.176 e. The molecule has 2 aromatic rings. The van der Waals surface area contributed by atoms with E-state index in [0.29, 0.717) is 0 Å². The van der Waals surface area contributed by atoms with Gasteiger partial charge < -0.3 is 0 Å². The van der Waals surface area contributed by atoms with Gasteiger partial charge in [-0.1, -0.05) is 17.3 Å². The summed E-state index contributed by atoms with van der Waals surface area (Å²) in [6.07, 6.45) is 0. The zero-order valence-corrected chi connectivity index (χ0v) is 6.21. The van der Waals surface area contributed by atoms with Crippen LogP contribution in [0.4, 0.5) is 0 Å². The Morgan fingerprint density at radius 1 is 1.42 bits per heavy atom. The van der Waals surface area contributed by atoms with Gasteiger partial charge in [0.2, 0.25) is 0 Å². The second-order valence-electron chi connectivity index (χ2n) is 2.34. The smallest absolute Gasteiger partial charge is 0.176 e. The van der Waals surface area contributed by atoms with Crippen molar-refractivity contribution >= 4 is 11.0 Å². The normalized spacial score (nSPS) is 10.8. The molecule has 0 fully saturated rings. The van der Waals surface area contributed by atoms with E-state index in [2.05, 4.69) is 15.2 Å². The Morgan fingerprint density at radius 2 is 2.25 bits per heavy atom. The Hall–Kier alpha value is -1.46. The van der Waals surface area contributed by atoms with Gasteiger partial charge in [-0.3, -0.25) is 0 Å². The van der Waals surface area contributed by atoms with Gasteiger partial charge in [0.1, 0.15) is 5.52 Å². The standard InChI is InChI=1S/C7H7N3O2/c11-12-5-10-7-4-2-1-3-6(7)8-9-10/h1-4,11H,5H2. The predicted octanol–water partition coefficient (Wildman–Crippen LogP) is 0.878. The summed E-state index contributed by atoms with van der Waals surface area (Å²) in [6, 6.07) is 7.45. The lowest BCUT2D eigenvalue weighted by Crippen LogP contribution is -2.01. The molecule has 0 bridgehead atoms. The Labute approximate surface area is 68.1 Å². The predicted molar refractivity (Wildman–Crippen MR) is 41.2 cm³/mol. The van der Waals surface area contributed by atoms with E-state index in [1.165, 1.54) is 4.68 Å². The third-order valence-corrected chi connectivity index (χ3v) is 1.60. The summed E-state index contributed by atoms with van der Waals surface area (Å²) in [5, 5.41) is 15.8. The number of aromatic nitrogens is 3. The van der Waals surface area contributed by atoms with Crippen molar-refractivity contribution in [2.45, 2.75) is 6.73 Å². The lowest BCUT2D eigenvalue weighted by Gasteiger charge is -1.95. The number of rotatable bonds is 2. The van der Waals surface area contributed by atoms with Crippen LogP contribution in [0.2, 0.25) is 0 Å². The molecule has 0 atom stereocenters. The molecule has 0 saturated carbocycles. The van der Waals surface area contributed by atoms with Gasteiger partial charge in [0.25, 0.3) is 0 Å². The summed E-state index contributed by atoms with van der Waals surface area (Å²) in [6.45, 7) is 0.000509. The second-order valence-corrected chi connectivity index (χ2v) is 2.34. The van der Waals surface area contributed by atoms with Gasteiger partial charge in [0.05, 0.1) is 5.52 Å². The zero-order chi connectivity index (χ0) is 8.39. The summed E-state index contributed by atoms with van der Waals surface area (Å²) in [5.74, 6) is 0. The molecule has 2 rings (SSSR count). The molecule has 0 unspecified atom stereocenters. The van der Waals surface area contributed by atoms with E-state index in [-0.39, 0.29) is 6.73 Å². The SMILES string of the molecule is OOCn1nnc2ccccc21. The van der Waals surface area contributed by atoms with Crippen molar-refractivity contribution in [2.75, 3.05) is 0 Å². The highest BCUT2D eigenvalue weighted by atomic mass is 17.1. The molecule has 1 aromatic heterocycles. The molecule has 0 radical (unpaired) electrons. The Balaban J connectivity index is 2.55. The largest absolute Gasteiger partial charge is 0.250 e. The van der Waals surface area contributed by atoms with Gasteiger partial charge >= 0.3 is 0 Å². The quantitative estimate of drug-likeness (QED) is 0.530. The number of hydrogen-bond acceptors (Lipinski definition) is 4. The van der Waals surface area contributed by atoms with Crippen LogP contribution in [0.1, 0.15) is 0 Å². The highest BCUT2D eigenvalue weighted by Crippen LogP contribution is 2.08. The maximum atomic E-state index is 8.21. The number of nitrogens with zero attached hydrogens (tertiary/aromatic N) is 3. The molecule has 0 spiro atoms. The van der Waals surface area contributed by atoms with Gasteiger partial charge in [-0.25, -0.2) is 14.8 Å². The fraction of sp³-hybridized carbons (Fsp3) is 0.143. The highest BCUT2D eigenvalue weighted by molar-refractivity contribution is 5.73. The monoisotopic (exact) mass is 165 g/mol. The first kappa shape index (κ1) is 7.20. The van der Waals surface area contributed by atoms with E-state index in [1.807, 2.05) is 24.3 Å². The summed E-state index contributed by atoms with van der Waals surface area (Å²) in [5.41, 5.74) is 1.63. The number of benzene rings is 1. The lowest BCUT2D eigenvalue weighted by molar-refractivity contribution is -0.270. The molecule has 1 N–H and O–H groups in total. The summed E-state index contributed by atoms with van der Waals surface area (Å²) >= 11 is 0. The van der Waals surface area contributed by atoms with Crippen LogP contribution in [0.25, 0.3) is 11.0 Å². The first-order valence-electron chi connectivity index (χ1n) is 3.46. The third-order valence-electron chi connectivity index (χ3n) is 1.60. The number of fused-ring (bicyclic) bond motifs is 1. The molecule has 0 saturated heterocycles. The molecule has 0 aliphatic heterocycles. The molecule has 5 nitrogen and oxygen atoms in total. The van der Waals surface area contributed by atoms with Crippen LogP contribution < -0.4 is 0 Å². The lowest BCUT2D eigenvalue weighted by atomic mass is 10.3. The molecule has 0 aliphatic rings. The minimum atomic E-state index is 0.000509. The minimum absolute atomic E-state index is 0.000509. The maximum absolute atomic E-state index is 8.21. The topological polar surface area (TPSA) is 60.2 Å². The van der Waals surface area contributed by atoms with Gasteiger partial charge in [0.15, 0.2) is 6.73 Å². The zero-order valence-electron chi connectivity index (χ0n) is 6.21. The van der Waals surface area contributed by atoms with Crippen molar-refractivity contribution in [3.8, 4) is 0 Å². The molecule has 0 amide bonds. The highest BCUT2D eigenvalue weighted by Gasteiger charge is 2.01. The van der Waals surface area contributed by atoms with Crippen LogP contribution in [0.5, 0.6) is 0 Å². The fourth-order valence-electron chi connectivity index (χ4n) is 1.07. The van der Waals surface area contributed by atoms with Crippen LogP contribution in [0.15, 0.2) is 24.3 Å². The van der Waals surface area contributed by atoms with E-state index >= 15 is 0 Å². The molecule has 12 heavy (non-hydrogen) atoms. The third kappa shape index (κ3) is 1.05. The molecule has 0 aliphatic carbocycles. The van der Waals surface area contributed by atoms with E-state index in [0.717, 1.165) is 11.0 Å². The van der Waals surface area contributed by atoms with Crippen molar-refractivity contribution in [1.29, 1.82) is 0 Å². The van der Waals surface area contributed by atoms with Crippen LogP contribution in [-0.2, 0) is 11.6 Å². The Kier molecular flexibility index (Phi) is 1.73. The first-order valence-corrected chi connectivity index (χ1v) is 3.46. The van der Waals surface area contributed by atoms with E-state index in [1.54, 1.807) is 0 Å². The van der Waals surface area contributed by atoms with Crippen molar-refractivity contribution in [1.82, 2.24) is 15.0 Å². The van der Waals surface area contributed by atoms with Crippen molar-refractivity contribution in [3.63, 3.8) is 0 Å². The van der Waals surface area contributed by atoms with Crippen LogP contribution in [-0.4, -0.2) is 20.3 Å². The van der Waals surface area contributed by atoms with E-state index < -0.39 is 0 Å². The summed E-state index contributed by atoms with van der Waals surface area (Å²) in [7, 11) is 0. The average Bonchev–Trinajstić information content (AvgIpc) is 2.50. The van der Waals surface area contributed by atoms with E-state index in [4.69, 9.17) is 5.26 Å². The van der Waals surface area contributed by atoms with Crippen molar-refractivity contribution in [2.24, 2.45) is 0 Å².